The average molecular weight is 472 g/mol. The number of hydrogen-bond donors (Lipinski definition) is 2. The lowest BCUT2D eigenvalue weighted by molar-refractivity contribution is -0.122. The molecule has 0 radical (unpaired) electrons. The first-order chi connectivity index (χ1) is 15.7. The lowest BCUT2D eigenvalue weighted by atomic mass is 9.88. The van der Waals surface area contributed by atoms with E-state index in [0.717, 1.165) is 35.3 Å². The number of nitrogens with zero attached hydrogens (tertiary/aromatic N) is 1. The van der Waals surface area contributed by atoms with Crippen molar-refractivity contribution in [2.45, 2.75) is 53.0 Å². The Morgan fingerprint density at radius 2 is 1.91 bits per heavy atom. The van der Waals surface area contributed by atoms with E-state index in [-0.39, 0.29) is 25.0 Å². The van der Waals surface area contributed by atoms with Gasteiger partial charge in [0.1, 0.15) is 5.00 Å². The summed E-state index contributed by atoms with van der Waals surface area (Å²) in [5, 5.41) is 6.33. The monoisotopic (exact) mass is 471 g/mol. The van der Waals surface area contributed by atoms with Crippen LogP contribution in [0.2, 0.25) is 0 Å². The molecule has 0 bridgehead atoms. The van der Waals surface area contributed by atoms with Crippen molar-refractivity contribution >= 4 is 39.8 Å². The fourth-order valence-corrected chi connectivity index (χ4v) is 5.28. The minimum Gasteiger partial charge on any atom is -0.462 e. The second kappa shape index (κ2) is 10.9. The van der Waals surface area contributed by atoms with Crippen LogP contribution in [0.25, 0.3) is 0 Å². The number of amides is 2. The molecule has 0 fully saturated rings. The molecule has 33 heavy (non-hydrogen) atoms. The fourth-order valence-electron chi connectivity index (χ4n) is 3.88. The van der Waals surface area contributed by atoms with Crippen LogP contribution >= 0.6 is 11.3 Å². The zero-order valence-electron chi connectivity index (χ0n) is 20.0. The molecule has 2 N–H and O–H groups in total. The Morgan fingerprint density at radius 1 is 1.21 bits per heavy atom. The van der Waals surface area contributed by atoms with Crippen LogP contribution in [-0.4, -0.2) is 48.9 Å². The predicted octanol–water partition coefficient (Wildman–Crippen LogP) is 4.26. The Bertz CT molecular complexity index is 1020. The first-order valence-electron chi connectivity index (χ1n) is 11.4. The lowest BCUT2D eigenvalue weighted by Gasteiger charge is -2.23. The van der Waals surface area contributed by atoms with Gasteiger partial charge in [0.05, 0.1) is 24.8 Å². The van der Waals surface area contributed by atoms with Gasteiger partial charge in [-0.25, -0.2) is 4.79 Å². The molecule has 0 saturated carbocycles. The summed E-state index contributed by atoms with van der Waals surface area (Å²) in [5.74, 6) is -0.309. The minimum atomic E-state index is -0.568. The SMILES string of the molecule is CCOC(=O)c1c(NC(=O)C(C)N(C)CC(=O)Nc2ccc(C)cc2)sc2c1CCC(C)C2. The Hall–Kier alpha value is -2.71. The van der Waals surface area contributed by atoms with Crippen molar-refractivity contribution in [2.75, 3.05) is 30.8 Å². The Balaban J connectivity index is 1.67. The topological polar surface area (TPSA) is 87.7 Å². The number of rotatable bonds is 8. The van der Waals surface area contributed by atoms with E-state index in [9.17, 15) is 14.4 Å². The van der Waals surface area contributed by atoms with Gasteiger partial charge in [-0.2, -0.15) is 0 Å². The van der Waals surface area contributed by atoms with Gasteiger partial charge in [-0.3, -0.25) is 14.5 Å². The molecule has 1 aromatic heterocycles. The zero-order valence-corrected chi connectivity index (χ0v) is 20.8. The summed E-state index contributed by atoms with van der Waals surface area (Å²) in [4.78, 5) is 40.9. The van der Waals surface area contributed by atoms with Crippen LogP contribution in [0, 0.1) is 12.8 Å². The second-order valence-electron chi connectivity index (χ2n) is 8.77. The number of carbonyl (C=O) groups is 3. The van der Waals surface area contributed by atoms with Gasteiger partial charge in [0.25, 0.3) is 0 Å². The minimum absolute atomic E-state index is 0.0612. The molecule has 2 aromatic rings. The van der Waals surface area contributed by atoms with E-state index >= 15 is 0 Å². The second-order valence-corrected chi connectivity index (χ2v) is 9.88. The van der Waals surface area contributed by atoms with Gasteiger partial charge in [0.15, 0.2) is 0 Å². The maximum atomic E-state index is 13.0. The quantitative estimate of drug-likeness (QED) is 0.562. The smallest absolute Gasteiger partial charge is 0.341 e. The van der Waals surface area contributed by atoms with Crippen molar-refractivity contribution in [3.05, 3.63) is 45.8 Å². The van der Waals surface area contributed by atoms with Crippen molar-refractivity contribution in [1.29, 1.82) is 0 Å². The van der Waals surface area contributed by atoms with Crippen molar-refractivity contribution in [3.63, 3.8) is 0 Å². The van der Waals surface area contributed by atoms with E-state index < -0.39 is 12.0 Å². The summed E-state index contributed by atoms with van der Waals surface area (Å²) in [6, 6.07) is 6.98. The summed E-state index contributed by atoms with van der Waals surface area (Å²) in [6.45, 7) is 8.04. The molecule has 1 aliphatic carbocycles. The number of ether oxygens (including phenoxy) is 1. The van der Waals surface area contributed by atoms with E-state index in [0.29, 0.717) is 22.2 Å². The molecule has 2 atom stereocenters. The number of hydrogen-bond acceptors (Lipinski definition) is 6. The molecule has 8 heteroatoms. The normalized spacial score (nSPS) is 16.1. The van der Waals surface area contributed by atoms with Crippen molar-refractivity contribution in [3.8, 4) is 0 Å². The van der Waals surface area contributed by atoms with E-state index in [1.165, 1.54) is 11.3 Å². The Morgan fingerprint density at radius 3 is 2.58 bits per heavy atom. The number of nitrogens with one attached hydrogen (secondary N) is 2. The molecule has 3 rings (SSSR count). The van der Waals surface area contributed by atoms with Crippen LogP contribution in [-0.2, 0) is 27.2 Å². The summed E-state index contributed by atoms with van der Waals surface area (Å²) < 4.78 is 5.28. The Labute approximate surface area is 199 Å². The average Bonchev–Trinajstić information content (AvgIpc) is 3.11. The first kappa shape index (κ1) is 24.9. The van der Waals surface area contributed by atoms with Crippen LogP contribution < -0.4 is 10.6 Å². The maximum Gasteiger partial charge on any atom is 0.341 e. The number of thiophene rings is 1. The molecule has 1 aliphatic rings. The molecule has 2 unspecified atom stereocenters. The molecular formula is C25H33N3O4S. The van der Waals surface area contributed by atoms with Crippen LogP contribution in [0.3, 0.4) is 0 Å². The molecule has 1 aromatic carbocycles. The molecule has 7 nitrogen and oxygen atoms in total. The summed E-state index contributed by atoms with van der Waals surface area (Å²) in [6.07, 6.45) is 2.72. The van der Waals surface area contributed by atoms with Crippen LogP contribution in [0.1, 0.15) is 53.6 Å². The standard InChI is InChI=1S/C25H33N3O4S/c1-6-32-25(31)22-19-12-9-16(3)13-20(19)33-24(22)27-23(30)17(4)28(5)14-21(29)26-18-10-7-15(2)8-11-18/h7-8,10-11,16-17H,6,9,12-14H2,1-5H3,(H,26,29)(H,27,30). The number of carbonyl (C=O) groups excluding carboxylic acids is 3. The molecule has 0 aliphatic heterocycles. The molecular weight excluding hydrogens is 438 g/mol. The third kappa shape index (κ3) is 6.21. The summed E-state index contributed by atoms with van der Waals surface area (Å²) >= 11 is 1.46. The van der Waals surface area contributed by atoms with Gasteiger partial charge in [-0.05, 0) is 70.7 Å². The largest absolute Gasteiger partial charge is 0.462 e. The zero-order chi connectivity index (χ0) is 24.1. The van der Waals surface area contributed by atoms with E-state index in [4.69, 9.17) is 4.74 Å². The number of benzene rings is 1. The Kier molecular flexibility index (Phi) is 8.26. The third-order valence-electron chi connectivity index (χ3n) is 6.00. The number of likely N-dealkylation sites (N-methyl/N-ethyl adjacent to an activating group) is 1. The van der Waals surface area contributed by atoms with Crippen LogP contribution in [0.4, 0.5) is 10.7 Å². The third-order valence-corrected chi connectivity index (χ3v) is 7.17. The fraction of sp³-hybridized carbons (Fsp3) is 0.480. The molecule has 0 spiro atoms. The van der Waals surface area contributed by atoms with Crippen molar-refractivity contribution in [1.82, 2.24) is 4.90 Å². The van der Waals surface area contributed by atoms with Gasteiger partial charge in [0.2, 0.25) is 11.8 Å². The highest BCUT2D eigenvalue weighted by atomic mass is 32.1. The molecule has 2 amide bonds. The number of fused-ring (bicyclic) bond motifs is 1. The highest BCUT2D eigenvalue weighted by Crippen LogP contribution is 2.40. The highest BCUT2D eigenvalue weighted by molar-refractivity contribution is 7.17. The van der Waals surface area contributed by atoms with E-state index in [1.807, 2.05) is 31.2 Å². The van der Waals surface area contributed by atoms with E-state index in [1.54, 1.807) is 25.8 Å². The number of esters is 1. The van der Waals surface area contributed by atoms with Gasteiger partial charge in [-0.15, -0.1) is 11.3 Å². The van der Waals surface area contributed by atoms with Gasteiger partial charge in [0, 0.05) is 10.6 Å². The maximum absolute atomic E-state index is 13.0. The van der Waals surface area contributed by atoms with Crippen LogP contribution in [0.15, 0.2) is 24.3 Å². The highest BCUT2D eigenvalue weighted by Gasteiger charge is 2.30. The summed E-state index contributed by atoms with van der Waals surface area (Å²) in [7, 11) is 1.73. The van der Waals surface area contributed by atoms with Crippen LogP contribution in [0.5, 0.6) is 0 Å². The van der Waals surface area contributed by atoms with Gasteiger partial charge < -0.3 is 15.4 Å². The first-order valence-corrected chi connectivity index (χ1v) is 12.2. The number of anilines is 2. The molecule has 178 valence electrons. The van der Waals surface area contributed by atoms with Crippen molar-refractivity contribution in [2.24, 2.45) is 5.92 Å². The molecule has 1 heterocycles. The summed E-state index contributed by atoms with van der Waals surface area (Å²) in [5.41, 5.74) is 3.32. The van der Waals surface area contributed by atoms with Gasteiger partial charge in [-0.1, -0.05) is 24.6 Å². The lowest BCUT2D eigenvalue weighted by Crippen LogP contribution is -2.43. The van der Waals surface area contributed by atoms with Crippen molar-refractivity contribution < 1.29 is 19.1 Å². The van der Waals surface area contributed by atoms with E-state index in [2.05, 4.69) is 17.6 Å². The predicted molar refractivity (Wildman–Crippen MR) is 132 cm³/mol. The molecule has 0 saturated heterocycles. The van der Waals surface area contributed by atoms with Gasteiger partial charge >= 0.3 is 5.97 Å². The number of aryl methyl sites for hydroxylation is 1.